The summed E-state index contributed by atoms with van der Waals surface area (Å²) in [5, 5.41) is 4.44. The van der Waals surface area contributed by atoms with Crippen molar-refractivity contribution in [2.45, 2.75) is 18.2 Å². The van der Waals surface area contributed by atoms with Crippen molar-refractivity contribution in [2.24, 2.45) is 0 Å². The molecule has 2 heterocycles. The molecule has 1 N–H and O–H groups in total. The van der Waals surface area contributed by atoms with Crippen molar-refractivity contribution in [3.8, 4) is 0 Å². The van der Waals surface area contributed by atoms with Crippen LogP contribution in [-0.4, -0.2) is 44.0 Å². The van der Waals surface area contributed by atoms with E-state index in [0.717, 1.165) is 28.7 Å². The summed E-state index contributed by atoms with van der Waals surface area (Å²) in [6.45, 7) is 3.79. The smallest absolute Gasteiger partial charge is 0.243 e. The van der Waals surface area contributed by atoms with E-state index in [1.807, 2.05) is 12.1 Å². The molecule has 0 saturated carbocycles. The van der Waals surface area contributed by atoms with Crippen molar-refractivity contribution in [1.29, 1.82) is 0 Å². The van der Waals surface area contributed by atoms with Gasteiger partial charge >= 0.3 is 0 Å². The molecule has 0 spiro atoms. The maximum absolute atomic E-state index is 12.7. The third kappa shape index (κ3) is 3.73. The molecule has 1 aromatic heterocycles. The van der Waals surface area contributed by atoms with E-state index in [4.69, 9.17) is 4.74 Å². The van der Waals surface area contributed by atoms with Crippen LogP contribution in [0.2, 0.25) is 0 Å². The number of anilines is 2. The molecule has 0 amide bonds. The van der Waals surface area contributed by atoms with Crippen molar-refractivity contribution in [3.05, 3.63) is 60.3 Å². The fourth-order valence-electron chi connectivity index (χ4n) is 3.32. The SMILES string of the molecule is CCc1ccc2nccc(Nc3ccc(S(=O)(=O)N4CCOCC4)cc3)c2c1. The molecule has 28 heavy (non-hydrogen) atoms. The van der Waals surface area contributed by atoms with Crippen LogP contribution in [0.3, 0.4) is 0 Å². The Bertz CT molecular complexity index is 1080. The Labute approximate surface area is 165 Å². The van der Waals surface area contributed by atoms with Gasteiger partial charge in [-0.25, -0.2) is 8.42 Å². The minimum absolute atomic E-state index is 0.299. The summed E-state index contributed by atoms with van der Waals surface area (Å²) in [6.07, 6.45) is 2.73. The number of fused-ring (bicyclic) bond motifs is 1. The molecule has 3 aromatic rings. The van der Waals surface area contributed by atoms with Gasteiger partial charge in [0, 0.05) is 36.0 Å². The van der Waals surface area contributed by atoms with Crippen LogP contribution in [0.4, 0.5) is 11.4 Å². The van der Waals surface area contributed by atoms with Gasteiger partial charge in [-0.15, -0.1) is 0 Å². The number of hydrogen-bond donors (Lipinski definition) is 1. The lowest BCUT2D eigenvalue weighted by atomic mass is 10.1. The highest BCUT2D eigenvalue weighted by Gasteiger charge is 2.26. The molecule has 0 atom stereocenters. The molecule has 0 aliphatic carbocycles. The number of nitrogens with zero attached hydrogens (tertiary/aromatic N) is 2. The highest BCUT2D eigenvalue weighted by atomic mass is 32.2. The van der Waals surface area contributed by atoms with Gasteiger partial charge in [-0.05, 0) is 54.4 Å². The fourth-order valence-corrected chi connectivity index (χ4v) is 4.73. The second kappa shape index (κ2) is 7.87. The van der Waals surface area contributed by atoms with Crippen LogP contribution < -0.4 is 5.32 Å². The summed E-state index contributed by atoms with van der Waals surface area (Å²) < 4.78 is 32.2. The second-order valence-corrected chi connectivity index (χ2v) is 8.67. The zero-order valence-electron chi connectivity index (χ0n) is 15.8. The van der Waals surface area contributed by atoms with Gasteiger partial charge in [0.25, 0.3) is 0 Å². The Balaban J connectivity index is 1.59. The lowest BCUT2D eigenvalue weighted by Crippen LogP contribution is -2.40. The summed E-state index contributed by atoms with van der Waals surface area (Å²) in [7, 11) is -3.48. The van der Waals surface area contributed by atoms with Gasteiger partial charge in [-0.3, -0.25) is 4.98 Å². The molecular formula is C21H23N3O3S. The van der Waals surface area contributed by atoms with E-state index in [0.29, 0.717) is 31.2 Å². The first kappa shape index (κ1) is 18.9. The van der Waals surface area contributed by atoms with E-state index >= 15 is 0 Å². The molecule has 0 radical (unpaired) electrons. The van der Waals surface area contributed by atoms with Crippen molar-refractivity contribution in [3.63, 3.8) is 0 Å². The first-order valence-electron chi connectivity index (χ1n) is 9.40. The molecule has 4 rings (SSSR count). The number of aromatic nitrogens is 1. The topological polar surface area (TPSA) is 71.5 Å². The van der Waals surface area contributed by atoms with Gasteiger partial charge in [0.1, 0.15) is 0 Å². The van der Waals surface area contributed by atoms with Crippen LogP contribution in [0.5, 0.6) is 0 Å². The van der Waals surface area contributed by atoms with Gasteiger partial charge in [-0.2, -0.15) is 4.31 Å². The number of pyridine rings is 1. The number of morpholine rings is 1. The van der Waals surface area contributed by atoms with E-state index < -0.39 is 10.0 Å². The monoisotopic (exact) mass is 397 g/mol. The van der Waals surface area contributed by atoms with Crippen molar-refractivity contribution in [1.82, 2.24) is 9.29 Å². The maximum Gasteiger partial charge on any atom is 0.243 e. The third-order valence-corrected chi connectivity index (χ3v) is 6.87. The van der Waals surface area contributed by atoms with Crippen LogP contribution in [0.1, 0.15) is 12.5 Å². The summed E-state index contributed by atoms with van der Waals surface area (Å²) >= 11 is 0. The first-order valence-corrected chi connectivity index (χ1v) is 10.8. The molecule has 0 bridgehead atoms. The normalized spacial score (nSPS) is 15.6. The third-order valence-electron chi connectivity index (χ3n) is 4.96. The fraction of sp³-hybridized carbons (Fsp3) is 0.286. The minimum Gasteiger partial charge on any atom is -0.379 e. The van der Waals surface area contributed by atoms with E-state index in [1.54, 1.807) is 30.5 Å². The van der Waals surface area contributed by atoms with Gasteiger partial charge in [-0.1, -0.05) is 13.0 Å². The Morgan fingerprint density at radius 1 is 1.07 bits per heavy atom. The number of rotatable bonds is 5. The second-order valence-electron chi connectivity index (χ2n) is 6.73. The molecule has 0 unspecified atom stereocenters. The number of benzene rings is 2. The average Bonchev–Trinajstić information content (AvgIpc) is 2.75. The van der Waals surface area contributed by atoms with Crippen molar-refractivity contribution >= 4 is 32.3 Å². The molecule has 6 nitrogen and oxygen atoms in total. The van der Waals surface area contributed by atoms with Crippen LogP contribution in [0.15, 0.2) is 59.6 Å². The van der Waals surface area contributed by atoms with E-state index in [9.17, 15) is 8.42 Å². The van der Waals surface area contributed by atoms with Gasteiger partial charge in [0.15, 0.2) is 0 Å². The number of aryl methyl sites for hydroxylation is 1. The molecule has 7 heteroatoms. The quantitative estimate of drug-likeness (QED) is 0.713. The molecular weight excluding hydrogens is 374 g/mol. The number of hydrogen-bond acceptors (Lipinski definition) is 5. The minimum atomic E-state index is -3.48. The first-order chi connectivity index (χ1) is 13.6. The number of sulfonamides is 1. The predicted molar refractivity (Wildman–Crippen MR) is 110 cm³/mol. The molecule has 1 aliphatic rings. The summed E-state index contributed by atoms with van der Waals surface area (Å²) in [5.41, 5.74) is 3.95. The number of nitrogens with one attached hydrogen (secondary N) is 1. The highest BCUT2D eigenvalue weighted by molar-refractivity contribution is 7.89. The van der Waals surface area contributed by atoms with Gasteiger partial charge < -0.3 is 10.1 Å². The lowest BCUT2D eigenvalue weighted by Gasteiger charge is -2.26. The molecule has 2 aromatic carbocycles. The van der Waals surface area contributed by atoms with Crippen molar-refractivity contribution < 1.29 is 13.2 Å². The van der Waals surface area contributed by atoms with Crippen LogP contribution in [0, 0.1) is 0 Å². The Hall–Kier alpha value is -2.48. The van der Waals surface area contributed by atoms with E-state index in [-0.39, 0.29) is 0 Å². The van der Waals surface area contributed by atoms with Crippen LogP contribution in [-0.2, 0) is 21.2 Å². The van der Waals surface area contributed by atoms with E-state index in [1.165, 1.54) is 9.87 Å². The van der Waals surface area contributed by atoms with Crippen molar-refractivity contribution in [2.75, 3.05) is 31.6 Å². The summed E-state index contributed by atoms with van der Waals surface area (Å²) in [5.74, 6) is 0. The van der Waals surface area contributed by atoms with Crippen LogP contribution in [0.25, 0.3) is 10.9 Å². The molecule has 1 fully saturated rings. The Morgan fingerprint density at radius 3 is 2.54 bits per heavy atom. The highest BCUT2D eigenvalue weighted by Crippen LogP contribution is 2.27. The standard InChI is InChI=1S/C21H23N3O3S/c1-2-16-3-8-20-19(15-16)21(9-10-22-20)23-17-4-6-18(7-5-17)28(25,26)24-11-13-27-14-12-24/h3-10,15H,2,11-14H2,1H3,(H,22,23). The zero-order chi connectivity index (χ0) is 19.6. The largest absolute Gasteiger partial charge is 0.379 e. The van der Waals surface area contributed by atoms with E-state index in [2.05, 4.69) is 29.4 Å². The Kier molecular flexibility index (Phi) is 5.30. The predicted octanol–water partition coefficient (Wildman–Crippen LogP) is 3.56. The molecule has 146 valence electrons. The van der Waals surface area contributed by atoms with Gasteiger partial charge in [0.2, 0.25) is 10.0 Å². The lowest BCUT2D eigenvalue weighted by molar-refractivity contribution is 0.0730. The van der Waals surface area contributed by atoms with Crippen LogP contribution >= 0.6 is 0 Å². The maximum atomic E-state index is 12.7. The average molecular weight is 398 g/mol. The number of ether oxygens (including phenoxy) is 1. The Morgan fingerprint density at radius 2 is 1.82 bits per heavy atom. The molecule has 1 saturated heterocycles. The summed E-state index contributed by atoms with van der Waals surface area (Å²) in [6, 6.07) is 15.1. The zero-order valence-corrected chi connectivity index (χ0v) is 16.6. The van der Waals surface area contributed by atoms with Gasteiger partial charge in [0.05, 0.1) is 23.6 Å². The summed E-state index contributed by atoms with van der Waals surface area (Å²) in [4.78, 5) is 4.72. The molecule has 1 aliphatic heterocycles.